The van der Waals surface area contributed by atoms with Crippen LogP contribution < -0.4 is 0 Å². The van der Waals surface area contributed by atoms with E-state index in [0.29, 0.717) is 11.5 Å². The van der Waals surface area contributed by atoms with Crippen LogP contribution in [0.25, 0.3) is 0 Å². The van der Waals surface area contributed by atoms with E-state index in [-0.39, 0.29) is 17.4 Å². The molecule has 0 saturated carbocycles. The Hall–Kier alpha value is -1.22. The highest BCUT2D eigenvalue weighted by molar-refractivity contribution is 5.41. The van der Waals surface area contributed by atoms with E-state index in [1.807, 2.05) is 0 Å². The summed E-state index contributed by atoms with van der Waals surface area (Å²) in [6, 6.07) is 4.50. The lowest BCUT2D eigenvalue weighted by molar-refractivity contribution is 0.0923. The Labute approximate surface area is 103 Å². The Morgan fingerprint density at radius 1 is 1.12 bits per heavy atom. The van der Waals surface area contributed by atoms with Gasteiger partial charge in [-0.05, 0) is 36.0 Å². The molecule has 0 fully saturated rings. The second-order valence-electron chi connectivity index (χ2n) is 4.99. The Kier molecular flexibility index (Phi) is 4.82. The lowest BCUT2D eigenvalue weighted by Gasteiger charge is -2.23. The van der Waals surface area contributed by atoms with Crippen LogP contribution in [0.3, 0.4) is 0 Å². The van der Waals surface area contributed by atoms with Crippen molar-refractivity contribution in [2.75, 3.05) is 0 Å². The van der Waals surface area contributed by atoms with Crippen LogP contribution >= 0.6 is 0 Å². The lowest BCUT2D eigenvalue weighted by Crippen LogP contribution is -2.14. The highest BCUT2D eigenvalue weighted by Crippen LogP contribution is 2.34. The molecule has 0 radical (unpaired) electrons. The summed E-state index contributed by atoms with van der Waals surface area (Å²) in [6.07, 6.45) is 1.24. The van der Waals surface area contributed by atoms with Gasteiger partial charge in [-0.15, -0.1) is 0 Å². The molecule has 17 heavy (non-hydrogen) atoms. The van der Waals surface area contributed by atoms with E-state index in [4.69, 9.17) is 0 Å². The summed E-state index contributed by atoms with van der Waals surface area (Å²) in [5.74, 6) is 0.373. The summed E-state index contributed by atoms with van der Waals surface area (Å²) >= 11 is 0. The summed E-state index contributed by atoms with van der Waals surface area (Å²) in [7, 11) is 0. The van der Waals surface area contributed by atoms with Crippen molar-refractivity contribution in [1.82, 2.24) is 0 Å². The first-order valence-corrected chi connectivity index (χ1v) is 6.15. The molecular weight excluding hydrogens is 216 g/mol. The molecule has 3 heteroatoms. The minimum absolute atomic E-state index is 0.155. The van der Waals surface area contributed by atoms with Crippen molar-refractivity contribution in [1.29, 1.82) is 0 Å². The molecule has 0 amide bonds. The fourth-order valence-electron chi connectivity index (χ4n) is 2.12. The zero-order valence-electron chi connectivity index (χ0n) is 10.7. The van der Waals surface area contributed by atoms with Crippen LogP contribution in [0.2, 0.25) is 0 Å². The number of aliphatic hydroxyl groups excluding tert-OH is 1. The van der Waals surface area contributed by atoms with Gasteiger partial charge in [-0.1, -0.05) is 33.3 Å². The Morgan fingerprint density at radius 3 is 2.24 bits per heavy atom. The van der Waals surface area contributed by atoms with Crippen LogP contribution in [0.4, 0.5) is 0 Å². The number of benzene rings is 1. The number of phenols is 2. The van der Waals surface area contributed by atoms with E-state index in [1.165, 1.54) is 12.1 Å². The van der Waals surface area contributed by atoms with Crippen molar-refractivity contribution >= 4 is 0 Å². The molecule has 1 aromatic rings. The van der Waals surface area contributed by atoms with Gasteiger partial charge in [0.05, 0.1) is 6.10 Å². The molecule has 0 aliphatic heterocycles. The van der Waals surface area contributed by atoms with E-state index in [2.05, 4.69) is 20.8 Å². The fourth-order valence-corrected chi connectivity index (χ4v) is 2.12. The second-order valence-corrected chi connectivity index (χ2v) is 4.99. The van der Waals surface area contributed by atoms with Crippen molar-refractivity contribution < 1.29 is 15.3 Å². The number of hydrogen-bond donors (Lipinski definition) is 3. The van der Waals surface area contributed by atoms with Gasteiger partial charge in [0.1, 0.15) is 0 Å². The summed E-state index contributed by atoms with van der Waals surface area (Å²) < 4.78 is 0. The maximum Gasteiger partial charge on any atom is 0.157 e. The topological polar surface area (TPSA) is 60.7 Å². The first-order valence-electron chi connectivity index (χ1n) is 6.15. The zero-order chi connectivity index (χ0) is 13.0. The number of aromatic hydroxyl groups is 2. The van der Waals surface area contributed by atoms with Gasteiger partial charge in [0.25, 0.3) is 0 Å². The van der Waals surface area contributed by atoms with Gasteiger partial charge >= 0.3 is 0 Å². The molecule has 0 aliphatic rings. The van der Waals surface area contributed by atoms with E-state index < -0.39 is 6.10 Å². The molecule has 1 aromatic carbocycles. The van der Waals surface area contributed by atoms with E-state index >= 15 is 0 Å². The van der Waals surface area contributed by atoms with Crippen LogP contribution in [-0.4, -0.2) is 15.3 Å². The number of aliphatic hydroxyl groups is 1. The van der Waals surface area contributed by atoms with Crippen LogP contribution in [0.1, 0.15) is 45.3 Å². The largest absolute Gasteiger partial charge is 0.504 e. The molecule has 3 N–H and O–H groups in total. The average Bonchev–Trinajstić information content (AvgIpc) is 2.28. The smallest absolute Gasteiger partial charge is 0.157 e. The van der Waals surface area contributed by atoms with Crippen molar-refractivity contribution in [2.45, 2.75) is 39.7 Å². The summed E-state index contributed by atoms with van der Waals surface area (Å²) in [4.78, 5) is 0. The molecule has 0 saturated heterocycles. The fraction of sp³-hybridized carbons (Fsp3) is 0.571. The standard InChI is InChI=1S/C14H22O3/c1-4-10(7-9(2)3)14(17)11-5-6-12(15)13(16)8-11/h5-6,8-10,14-17H,4,7H2,1-3H3. The Morgan fingerprint density at radius 2 is 1.76 bits per heavy atom. The highest BCUT2D eigenvalue weighted by Gasteiger charge is 2.21. The number of phenolic OH excluding ortho intramolecular Hbond substituents is 2. The summed E-state index contributed by atoms with van der Waals surface area (Å²) in [6.45, 7) is 6.31. The minimum atomic E-state index is -0.589. The van der Waals surface area contributed by atoms with Gasteiger partial charge in [0.2, 0.25) is 0 Å². The highest BCUT2D eigenvalue weighted by atomic mass is 16.3. The predicted octanol–water partition coefficient (Wildman–Crippen LogP) is 3.20. The Bertz CT molecular complexity index is 360. The normalized spacial score (nSPS) is 14.9. The maximum atomic E-state index is 10.3. The molecule has 0 bridgehead atoms. The molecule has 0 spiro atoms. The van der Waals surface area contributed by atoms with Crippen molar-refractivity contribution in [2.24, 2.45) is 11.8 Å². The zero-order valence-corrected chi connectivity index (χ0v) is 10.7. The third-order valence-electron chi connectivity index (χ3n) is 3.09. The molecule has 0 heterocycles. The molecule has 1 rings (SSSR count). The first kappa shape index (κ1) is 13.8. The molecule has 2 atom stereocenters. The third-order valence-corrected chi connectivity index (χ3v) is 3.09. The van der Waals surface area contributed by atoms with Crippen molar-refractivity contribution in [3.63, 3.8) is 0 Å². The van der Waals surface area contributed by atoms with Crippen LogP contribution in [0.15, 0.2) is 18.2 Å². The van der Waals surface area contributed by atoms with Crippen molar-refractivity contribution in [3.05, 3.63) is 23.8 Å². The molecule has 3 nitrogen and oxygen atoms in total. The quantitative estimate of drug-likeness (QED) is 0.690. The second kappa shape index (κ2) is 5.92. The first-order chi connectivity index (χ1) is 7.95. The van der Waals surface area contributed by atoms with E-state index in [9.17, 15) is 15.3 Å². The van der Waals surface area contributed by atoms with Gasteiger partial charge in [0, 0.05) is 0 Å². The van der Waals surface area contributed by atoms with Crippen molar-refractivity contribution in [3.8, 4) is 11.5 Å². The minimum Gasteiger partial charge on any atom is -0.504 e. The van der Waals surface area contributed by atoms with E-state index in [0.717, 1.165) is 12.8 Å². The molecule has 96 valence electrons. The molecule has 0 aliphatic carbocycles. The van der Waals surface area contributed by atoms with E-state index in [1.54, 1.807) is 6.07 Å². The maximum absolute atomic E-state index is 10.3. The monoisotopic (exact) mass is 238 g/mol. The van der Waals surface area contributed by atoms with Crippen LogP contribution in [0, 0.1) is 11.8 Å². The summed E-state index contributed by atoms with van der Waals surface area (Å²) in [5.41, 5.74) is 0.660. The van der Waals surface area contributed by atoms with Gasteiger partial charge in [0.15, 0.2) is 11.5 Å². The molecular formula is C14H22O3. The van der Waals surface area contributed by atoms with Gasteiger partial charge in [-0.25, -0.2) is 0 Å². The summed E-state index contributed by atoms with van der Waals surface area (Å²) in [5, 5.41) is 28.9. The lowest BCUT2D eigenvalue weighted by atomic mass is 9.86. The third kappa shape index (κ3) is 3.63. The SMILES string of the molecule is CCC(CC(C)C)C(O)c1ccc(O)c(O)c1. The predicted molar refractivity (Wildman–Crippen MR) is 68.0 cm³/mol. The number of rotatable bonds is 5. The van der Waals surface area contributed by atoms with Gasteiger partial charge < -0.3 is 15.3 Å². The number of hydrogen-bond acceptors (Lipinski definition) is 3. The Balaban J connectivity index is 2.85. The van der Waals surface area contributed by atoms with Gasteiger partial charge in [-0.2, -0.15) is 0 Å². The molecule has 2 unspecified atom stereocenters. The van der Waals surface area contributed by atoms with Gasteiger partial charge in [-0.3, -0.25) is 0 Å². The average molecular weight is 238 g/mol. The van der Waals surface area contributed by atoms with Crippen LogP contribution in [0.5, 0.6) is 11.5 Å². The molecule has 0 aromatic heterocycles. The van der Waals surface area contributed by atoms with Crippen LogP contribution in [-0.2, 0) is 0 Å².